The Hall–Kier alpha value is -0.610. The SMILES string of the molecule is O=C(CCC1CCCNC1)NCC1CCCCO1. The Balaban J connectivity index is 1.54. The highest BCUT2D eigenvalue weighted by Gasteiger charge is 2.16. The van der Waals surface area contributed by atoms with E-state index in [1.165, 1.54) is 25.7 Å². The van der Waals surface area contributed by atoms with Crippen LogP contribution in [0.1, 0.15) is 44.9 Å². The minimum atomic E-state index is 0.190. The summed E-state index contributed by atoms with van der Waals surface area (Å²) in [5.41, 5.74) is 0. The number of amides is 1. The molecule has 0 aromatic carbocycles. The van der Waals surface area contributed by atoms with Gasteiger partial charge in [-0.25, -0.2) is 0 Å². The van der Waals surface area contributed by atoms with Gasteiger partial charge in [-0.05, 0) is 57.5 Å². The second kappa shape index (κ2) is 7.74. The summed E-state index contributed by atoms with van der Waals surface area (Å²) in [6.45, 7) is 3.77. The number of piperidine rings is 1. The van der Waals surface area contributed by atoms with E-state index in [1.54, 1.807) is 0 Å². The lowest BCUT2D eigenvalue weighted by atomic mass is 9.94. The molecule has 4 nitrogen and oxygen atoms in total. The maximum Gasteiger partial charge on any atom is 0.220 e. The predicted molar refractivity (Wildman–Crippen MR) is 71.4 cm³/mol. The van der Waals surface area contributed by atoms with Crippen LogP contribution in [0.25, 0.3) is 0 Å². The second-order valence-corrected chi connectivity index (χ2v) is 5.54. The first kappa shape index (κ1) is 13.8. The second-order valence-electron chi connectivity index (χ2n) is 5.54. The van der Waals surface area contributed by atoms with Gasteiger partial charge in [0.25, 0.3) is 0 Å². The van der Waals surface area contributed by atoms with Crippen molar-refractivity contribution < 1.29 is 9.53 Å². The molecular formula is C14H26N2O2. The normalized spacial score (nSPS) is 28.9. The maximum atomic E-state index is 11.7. The van der Waals surface area contributed by atoms with Crippen LogP contribution in [-0.4, -0.2) is 38.3 Å². The van der Waals surface area contributed by atoms with Crippen molar-refractivity contribution in [2.75, 3.05) is 26.2 Å². The van der Waals surface area contributed by atoms with Gasteiger partial charge in [-0.3, -0.25) is 4.79 Å². The molecule has 2 unspecified atom stereocenters. The van der Waals surface area contributed by atoms with Crippen LogP contribution in [-0.2, 0) is 9.53 Å². The zero-order valence-corrected chi connectivity index (χ0v) is 11.2. The van der Waals surface area contributed by atoms with Gasteiger partial charge >= 0.3 is 0 Å². The van der Waals surface area contributed by atoms with E-state index in [9.17, 15) is 4.79 Å². The van der Waals surface area contributed by atoms with Gasteiger partial charge in [0, 0.05) is 19.6 Å². The summed E-state index contributed by atoms with van der Waals surface area (Å²) in [7, 11) is 0. The fourth-order valence-electron chi connectivity index (χ4n) is 2.79. The van der Waals surface area contributed by atoms with Gasteiger partial charge in [-0.2, -0.15) is 0 Å². The quantitative estimate of drug-likeness (QED) is 0.781. The molecule has 2 N–H and O–H groups in total. The molecule has 4 heteroatoms. The Bertz CT molecular complexity index is 222. The zero-order valence-electron chi connectivity index (χ0n) is 11.2. The van der Waals surface area contributed by atoms with Gasteiger partial charge in [-0.15, -0.1) is 0 Å². The summed E-state index contributed by atoms with van der Waals surface area (Å²) < 4.78 is 5.60. The van der Waals surface area contributed by atoms with Gasteiger partial charge in [0.2, 0.25) is 5.91 Å². The molecule has 2 fully saturated rings. The molecule has 1 amide bonds. The van der Waals surface area contributed by atoms with Gasteiger partial charge in [0.15, 0.2) is 0 Å². The number of hydrogen-bond donors (Lipinski definition) is 2. The van der Waals surface area contributed by atoms with Crippen LogP contribution in [0.2, 0.25) is 0 Å². The lowest BCUT2D eigenvalue weighted by molar-refractivity contribution is -0.122. The Kier molecular flexibility index (Phi) is 5.94. The molecule has 0 spiro atoms. The minimum Gasteiger partial charge on any atom is -0.376 e. The number of rotatable bonds is 5. The molecule has 2 atom stereocenters. The third kappa shape index (κ3) is 4.94. The van der Waals surface area contributed by atoms with Crippen LogP contribution in [0.3, 0.4) is 0 Å². The van der Waals surface area contributed by atoms with Crippen LogP contribution in [0, 0.1) is 5.92 Å². The molecule has 2 rings (SSSR count). The largest absolute Gasteiger partial charge is 0.376 e. The Labute approximate surface area is 110 Å². The highest BCUT2D eigenvalue weighted by molar-refractivity contribution is 5.75. The van der Waals surface area contributed by atoms with Crippen molar-refractivity contribution in [1.29, 1.82) is 0 Å². The highest BCUT2D eigenvalue weighted by atomic mass is 16.5. The Morgan fingerprint density at radius 3 is 2.94 bits per heavy atom. The molecule has 2 heterocycles. The zero-order chi connectivity index (χ0) is 12.6. The summed E-state index contributed by atoms with van der Waals surface area (Å²) in [5.74, 6) is 0.880. The van der Waals surface area contributed by atoms with E-state index in [4.69, 9.17) is 4.74 Å². The fraction of sp³-hybridized carbons (Fsp3) is 0.929. The first-order valence-corrected chi connectivity index (χ1v) is 7.43. The van der Waals surface area contributed by atoms with Gasteiger partial charge in [0.1, 0.15) is 0 Å². The van der Waals surface area contributed by atoms with Gasteiger partial charge in [-0.1, -0.05) is 0 Å². The summed E-state index contributed by atoms with van der Waals surface area (Å²) in [5, 5.41) is 6.40. The van der Waals surface area contributed by atoms with Crippen molar-refractivity contribution in [1.82, 2.24) is 10.6 Å². The Morgan fingerprint density at radius 2 is 2.22 bits per heavy atom. The van der Waals surface area contributed by atoms with E-state index in [0.717, 1.165) is 32.5 Å². The summed E-state index contributed by atoms with van der Waals surface area (Å²) in [4.78, 5) is 11.7. The van der Waals surface area contributed by atoms with Crippen molar-refractivity contribution in [3.63, 3.8) is 0 Å². The number of nitrogens with one attached hydrogen (secondary N) is 2. The van der Waals surface area contributed by atoms with Crippen molar-refractivity contribution in [2.45, 2.75) is 51.0 Å². The topological polar surface area (TPSA) is 50.4 Å². The van der Waals surface area contributed by atoms with Crippen LogP contribution >= 0.6 is 0 Å². The molecule has 0 saturated carbocycles. The monoisotopic (exact) mass is 254 g/mol. The van der Waals surface area contributed by atoms with Crippen LogP contribution in [0.5, 0.6) is 0 Å². The summed E-state index contributed by atoms with van der Waals surface area (Å²) in [6, 6.07) is 0. The molecule has 0 aromatic heterocycles. The molecule has 104 valence electrons. The summed E-state index contributed by atoms with van der Waals surface area (Å²) >= 11 is 0. The van der Waals surface area contributed by atoms with E-state index in [2.05, 4.69) is 10.6 Å². The van der Waals surface area contributed by atoms with E-state index < -0.39 is 0 Å². The van der Waals surface area contributed by atoms with E-state index in [1.807, 2.05) is 0 Å². The van der Waals surface area contributed by atoms with Crippen LogP contribution in [0.15, 0.2) is 0 Å². The first-order chi connectivity index (χ1) is 8.84. The minimum absolute atomic E-state index is 0.190. The van der Waals surface area contributed by atoms with Gasteiger partial charge in [0.05, 0.1) is 6.10 Å². The van der Waals surface area contributed by atoms with Crippen molar-refractivity contribution in [3.05, 3.63) is 0 Å². The van der Waals surface area contributed by atoms with E-state index >= 15 is 0 Å². The fourth-order valence-corrected chi connectivity index (χ4v) is 2.79. The van der Waals surface area contributed by atoms with Crippen molar-refractivity contribution in [2.24, 2.45) is 5.92 Å². The molecule has 0 aromatic rings. The average molecular weight is 254 g/mol. The van der Waals surface area contributed by atoms with Crippen molar-refractivity contribution in [3.8, 4) is 0 Å². The number of carbonyl (C=O) groups is 1. The number of hydrogen-bond acceptors (Lipinski definition) is 3. The third-order valence-corrected chi connectivity index (χ3v) is 3.98. The van der Waals surface area contributed by atoms with Crippen LogP contribution in [0.4, 0.5) is 0 Å². The number of ether oxygens (including phenoxy) is 1. The molecule has 18 heavy (non-hydrogen) atoms. The van der Waals surface area contributed by atoms with E-state index in [0.29, 0.717) is 18.9 Å². The first-order valence-electron chi connectivity index (χ1n) is 7.43. The number of carbonyl (C=O) groups excluding carboxylic acids is 1. The molecule has 2 aliphatic rings. The third-order valence-electron chi connectivity index (χ3n) is 3.98. The molecule has 2 saturated heterocycles. The molecule has 0 aliphatic carbocycles. The lowest BCUT2D eigenvalue weighted by Gasteiger charge is -2.24. The average Bonchev–Trinajstić information content (AvgIpc) is 2.45. The highest BCUT2D eigenvalue weighted by Crippen LogP contribution is 2.16. The molecule has 2 aliphatic heterocycles. The smallest absolute Gasteiger partial charge is 0.220 e. The van der Waals surface area contributed by atoms with Crippen LogP contribution < -0.4 is 10.6 Å². The lowest BCUT2D eigenvalue weighted by Crippen LogP contribution is -2.36. The predicted octanol–water partition coefficient (Wildman–Crippen LogP) is 1.45. The Morgan fingerprint density at radius 1 is 1.28 bits per heavy atom. The summed E-state index contributed by atoms with van der Waals surface area (Å²) in [6.07, 6.45) is 7.94. The van der Waals surface area contributed by atoms with Crippen molar-refractivity contribution >= 4 is 5.91 Å². The van der Waals surface area contributed by atoms with Gasteiger partial charge < -0.3 is 15.4 Å². The molecular weight excluding hydrogens is 228 g/mol. The van der Waals surface area contributed by atoms with E-state index in [-0.39, 0.29) is 12.0 Å². The molecule has 0 radical (unpaired) electrons. The standard InChI is InChI=1S/C14H26N2O2/c17-14(7-6-12-4-3-8-15-10-12)16-11-13-5-1-2-9-18-13/h12-13,15H,1-11H2,(H,16,17). The molecule has 0 bridgehead atoms. The maximum absolute atomic E-state index is 11.7.